The van der Waals surface area contributed by atoms with E-state index in [1.54, 1.807) is 4.90 Å². The summed E-state index contributed by atoms with van der Waals surface area (Å²) in [5.41, 5.74) is -0.140. The second-order valence-electron chi connectivity index (χ2n) is 5.33. The van der Waals surface area contributed by atoms with E-state index in [2.05, 4.69) is 15.4 Å². The molecule has 1 aromatic carbocycles. The maximum atomic E-state index is 12.8. The van der Waals surface area contributed by atoms with Crippen LogP contribution in [0.3, 0.4) is 0 Å². The van der Waals surface area contributed by atoms with Gasteiger partial charge in [-0.3, -0.25) is 9.59 Å². The van der Waals surface area contributed by atoms with E-state index in [1.807, 2.05) is 0 Å². The molecule has 0 bridgehead atoms. The number of likely N-dealkylation sites (tertiary alicyclic amines) is 1. The summed E-state index contributed by atoms with van der Waals surface area (Å²) in [4.78, 5) is 27.0. The number of aromatic nitrogens is 3. The van der Waals surface area contributed by atoms with Crippen molar-refractivity contribution in [1.29, 1.82) is 0 Å². The molecule has 1 saturated heterocycles. The molecule has 1 aliphatic rings. The predicted octanol–water partition coefficient (Wildman–Crippen LogP) is 1.22. The Balaban J connectivity index is 1.77. The Morgan fingerprint density at radius 1 is 1.22 bits per heavy atom. The summed E-state index contributed by atoms with van der Waals surface area (Å²) >= 11 is 0. The topological polar surface area (TPSA) is 83.3 Å². The average molecular weight is 317 g/mol. The summed E-state index contributed by atoms with van der Waals surface area (Å²) in [5.74, 6) is -0.725. The van der Waals surface area contributed by atoms with Gasteiger partial charge >= 0.3 is 5.56 Å². The third kappa shape index (κ3) is 3.36. The number of hydrogen-bond acceptors (Lipinski definition) is 4. The van der Waals surface area contributed by atoms with Gasteiger partial charge in [0.2, 0.25) is 5.69 Å². The first-order valence-electron chi connectivity index (χ1n) is 7.42. The number of hydrogen-bond donors (Lipinski definition) is 1. The predicted molar refractivity (Wildman–Crippen MR) is 82.0 cm³/mol. The van der Waals surface area contributed by atoms with Gasteiger partial charge in [-0.1, -0.05) is 12.1 Å². The van der Waals surface area contributed by atoms with Gasteiger partial charge in [0.05, 0.1) is 6.21 Å². The number of halogens is 1. The largest absolute Gasteiger partial charge is 0.337 e. The fourth-order valence-electron chi connectivity index (χ4n) is 2.43. The van der Waals surface area contributed by atoms with Crippen LogP contribution in [-0.2, 0) is 0 Å². The smallest absolute Gasteiger partial charge is 0.320 e. The Bertz CT molecular complexity index is 772. The highest BCUT2D eigenvalue weighted by molar-refractivity contribution is 5.92. The van der Waals surface area contributed by atoms with Crippen molar-refractivity contribution in [2.24, 2.45) is 5.10 Å². The number of carbonyl (C=O) groups excluding carboxylic acids is 1. The lowest BCUT2D eigenvalue weighted by molar-refractivity contribution is 0.0717. The summed E-state index contributed by atoms with van der Waals surface area (Å²) in [7, 11) is 0. The second-order valence-corrected chi connectivity index (χ2v) is 5.33. The number of carbonyl (C=O) groups is 1. The minimum absolute atomic E-state index is 0.164. The summed E-state index contributed by atoms with van der Waals surface area (Å²) in [6.07, 6.45) is 4.35. The van der Waals surface area contributed by atoms with Crippen molar-refractivity contribution in [2.75, 3.05) is 13.1 Å². The van der Waals surface area contributed by atoms with E-state index in [0.717, 1.165) is 24.1 Å². The normalized spacial score (nSPS) is 15.3. The van der Waals surface area contributed by atoms with Crippen LogP contribution in [0.2, 0.25) is 0 Å². The van der Waals surface area contributed by atoms with Crippen LogP contribution in [0, 0.1) is 5.82 Å². The fourth-order valence-corrected chi connectivity index (χ4v) is 2.43. The zero-order valence-electron chi connectivity index (χ0n) is 12.4. The molecule has 0 aliphatic carbocycles. The van der Waals surface area contributed by atoms with Crippen LogP contribution in [0.5, 0.6) is 0 Å². The summed E-state index contributed by atoms with van der Waals surface area (Å²) in [5, 5.41) is 10.1. The molecule has 1 amide bonds. The van der Waals surface area contributed by atoms with Crippen molar-refractivity contribution in [1.82, 2.24) is 20.0 Å². The lowest BCUT2D eigenvalue weighted by atomic mass is 10.1. The molecule has 0 unspecified atom stereocenters. The zero-order valence-corrected chi connectivity index (χ0v) is 12.4. The Hall–Kier alpha value is -2.77. The van der Waals surface area contributed by atoms with Crippen LogP contribution in [0.4, 0.5) is 4.39 Å². The Morgan fingerprint density at radius 2 is 1.91 bits per heavy atom. The lowest BCUT2D eigenvalue weighted by Gasteiger charge is -2.25. The van der Waals surface area contributed by atoms with Gasteiger partial charge < -0.3 is 4.90 Å². The number of benzene rings is 1. The van der Waals surface area contributed by atoms with Crippen molar-refractivity contribution >= 4 is 12.1 Å². The minimum atomic E-state index is -0.598. The molecule has 120 valence electrons. The number of nitrogens with one attached hydrogen (secondary N) is 1. The van der Waals surface area contributed by atoms with Gasteiger partial charge in [0.1, 0.15) is 5.82 Å². The van der Waals surface area contributed by atoms with E-state index < -0.39 is 5.56 Å². The maximum absolute atomic E-state index is 12.8. The molecule has 1 aromatic heterocycles. The van der Waals surface area contributed by atoms with E-state index in [0.29, 0.717) is 18.7 Å². The number of aromatic amines is 1. The standard InChI is InChI=1S/C15H16FN5O2/c16-12-6-4-11(5-7-12)10-17-21-15(23)13(18-19-21)14(22)20-8-2-1-3-9-20/h4-7,10,19H,1-3,8-9H2. The maximum Gasteiger partial charge on any atom is 0.320 e. The van der Waals surface area contributed by atoms with Gasteiger partial charge in [0, 0.05) is 13.1 Å². The van der Waals surface area contributed by atoms with E-state index in [-0.39, 0.29) is 17.4 Å². The van der Waals surface area contributed by atoms with Gasteiger partial charge in [-0.2, -0.15) is 10.3 Å². The Morgan fingerprint density at radius 3 is 2.61 bits per heavy atom. The molecule has 1 N–H and O–H groups in total. The Labute approximate surface area is 131 Å². The highest BCUT2D eigenvalue weighted by atomic mass is 19.1. The number of H-pyrrole nitrogens is 1. The number of amides is 1. The molecule has 23 heavy (non-hydrogen) atoms. The van der Waals surface area contributed by atoms with Crippen molar-refractivity contribution in [3.63, 3.8) is 0 Å². The van der Waals surface area contributed by atoms with Crippen LogP contribution < -0.4 is 5.56 Å². The third-order valence-corrected chi connectivity index (χ3v) is 3.69. The third-order valence-electron chi connectivity index (χ3n) is 3.69. The van der Waals surface area contributed by atoms with Gasteiger partial charge in [-0.25, -0.2) is 4.39 Å². The minimum Gasteiger partial charge on any atom is -0.337 e. The first-order valence-corrected chi connectivity index (χ1v) is 7.42. The van der Waals surface area contributed by atoms with E-state index >= 15 is 0 Å². The molecule has 0 radical (unpaired) electrons. The van der Waals surface area contributed by atoms with Crippen molar-refractivity contribution < 1.29 is 9.18 Å². The van der Waals surface area contributed by atoms with Crippen LogP contribution >= 0.6 is 0 Å². The van der Waals surface area contributed by atoms with Crippen LogP contribution in [-0.4, -0.2) is 45.2 Å². The van der Waals surface area contributed by atoms with Crippen molar-refractivity contribution in [3.8, 4) is 0 Å². The first kappa shape index (κ1) is 15.1. The monoisotopic (exact) mass is 317 g/mol. The Kier molecular flexibility index (Phi) is 4.31. The average Bonchev–Trinajstić information content (AvgIpc) is 2.95. The SMILES string of the molecule is O=C(c1n[nH]n(N=Cc2ccc(F)cc2)c1=O)N1CCCCC1. The molecule has 1 fully saturated rings. The van der Waals surface area contributed by atoms with Crippen molar-refractivity contribution in [3.05, 3.63) is 51.7 Å². The molecule has 0 spiro atoms. The quantitative estimate of drug-likeness (QED) is 0.864. The zero-order chi connectivity index (χ0) is 16.2. The molecule has 7 nitrogen and oxygen atoms in total. The van der Waals surface area contributed by atoms with Crippen LogP contribution in [0.1, 0.15) is 35.3 Å². The molecule has 2 heterocycles. The summed E-state index contributed by atoms with van der Waals surface area (Å²) in [6.45, 7) is 1.29. The summed E-state index contributed by atoms with van der Waals surface area (Å²) < 4.78 is 12.8. The molecule has 0 saturated carbocycles. The highest BCUT2D eigenvalue weighted by Crippen LogP contribution is 2.10. The molecule has 8 heteroatoms. The lowest BCUT2D eigenvalue weighted by Crippen LogP contribution is -2.38. The number of rotatable bonds is 3. The highest BCUT2D eigenvalue weighted by Gasteiger charge is 2.24. The molecular weight excluding hydrogens is 301 g/mol. The fraction of sp³-hybridized carbons (Fsp3) is 0.333. The van der Waals surface area contributed by atoms with E-state index in [9.17, 15) is 14.0 Å². The summed E-state index contributed by atoms with van der Waals surface area (Å²) in [6, 6.07) is 5.64. The van der Waals surface area contributed by atoms with Gasteiger partial charge in [-0.05, 0) is 37.0 Å². The van der Waals surface area contributed by atoms with E-state index in [4.69, 9.17) is 0 Å². The second kappa shape index (κ2) is 6.55. The van der Waals surface area contributed by atoms with Crippen LogP contribution in [0.15, 0.2) is 34.2 Å². The molecule has 1 aliphatic heterocycles. The van der Waals surface area contributed by atoms with Gasteiger partial charge in [0.15, 0.2) is 0 Å². The molecule has 0 atom stereocenters. The van der Waals surface area contributed by atoms with E-state index in [1.165, 1.54) is 30.5 Å². The number of nitrogens with zero attached hydrogens (tertiary/aromatic N) is 4. The van der Waals surface area contributed by atoms with Gasteiger partial charge in [-0.15, -0.1) is 9.89 Å². The van der Waals surface area contributed by atoms with Crippen molar-refractivity contribution in [2.45, 2.75) is 19.3 Å². The molecule has 2 aromatic rings. The number of piperidine rings is 1. The van der Waals surface area contributed by atoms with Gasteiger partial charge in [0.25, 0.3) is 5.91 Å². The molecule has 3 rings (SSSR count). The molecular formula is C15H16FN5O2. The van der Waals surface area contributed by atoms with Crippen LogP contribution in [0.25, 0.3) is 0 Å². The first-order chi connectivity index (χ1) is 11.1.